The average Bonchev–Trinajstić information content (AvgIpc) is 2.99. The van der Waals surface area contributed by atoms with Gasteiger partial charge in [0.25, 0.3) is 0 Å². The molecule has 0 spiro atoms. The Labute approximate surface area is 197 Å². The Morgan fingerprint density at radius 3 is 2.38 bits per heavy atom. The van der Waals surface area contributed by atoms with Gasteiger partial charge in [-0.15, -0.1) is 0 Å². The van der Waals surface area contributed by atoms with Crippen molar-refractivity contribution in [2.75, 3.05) is 0 Å². The Morgan fingerprint density at radius 2 is 1.72 bits per heavy atom. The van der Waals surface area contributed by atoms with Crippen molar-refractivity contribution in [3.63, 3.8) is 0 Å². The molecular formula is C29H50O3. The molecule has 0 amide bonds. The van der Waals surface area contributed by atoms with E-state index < -0.39 is 6.10 Å². The Balaban J connectivity index is 1.56. The molecular weight excluding hydrogens is 396 g/mol. The van der Waals surface area contributed by atoms with E-state index in [0.717, 1.165) is 43.9 Å². The minimum atomic E-state index is -0.426. The van der Waals surface area contributed by atoms with Crippen LogP contribution in [0.25, 0.3) is 0 Å². The molecule has 0 heterocycles. The zero-order chi connectivity index (χ0) is 23.4. The molecule has 0 aromatic heterocycles. The molecule has 3 nitrogen and oxygen atoms in total. The smallest absolute Gasteiger partial charge is 0.0757 e. The zero-order valence-electron chi connectivity index (χ0n) is 21.6. The van der Waals surface area contributed by atoms with Crippen LogP contribution in [0.3, 0.4) is 0 Å². The molecule has 184 valence electrons. The van der Waals surface area contributed by atoms with E-state index in [9.17, 15) is 15.3 Å². The van der Waals surface area contributed by atoms with Gasteiger partial charge in [0, 0.05) is 0 Å². The van der Waals surface area contributed by atoms with Gasteiger partial charge in [0.05, 0.1) is 18.3 Å². The Bertz CT molecular complexity index is 701. The highest BCUT2D eigenvalue weighted by molar-refractivity contribution is 5.28. The maximum atomic E-state index is 11.4. The van der Waals surface area contributed by atoms with Crippen molar-refractivity contribution in [1.82, 2.24) is 0 Å². The molecule has 4 aliphatic carbocycles. The lowest BCUT2D eigenvalue weighted by Gasteiger charge is -2.59. The van der Waals surface area contributed by atoms with Crippen LogP contribution >= 0.6 is 0 Å². The number of hydrogen-bond donors (Lipinski definition) is 3. The van der Waals surface area contributed by atoms with Crippen LogP contribution in [0.2, 0.25) is 0 Å². The second-order valence-corrected chi connectivity index (χ2v) is 13.1. The van der Waals surface area contributed by atoms with Gasteiger partial charge < -0.3 is 15.3 Å². The van der Waals surface area contributed by atoms with Gasteiger partial charge in [-0.2, -0.15) is 0 Å². The third-order valence-corrected chi connectivity index (χ3v) is 11.3. The molecule has 11 atom stereocenters. The lowest BCUT2D eigenvalue weighted by molar-refractivity contribution is -0.0989. The lowest BCUT2D eigenvalue weighted by atomic mass is 9.46. The van der Waals surface area contributed by atoms with Crippen LogP contribution in [0.1, 0.15) is 99.3 Å². The van der Waals surface area contributed by atoms with Crippen molar-refractivity contribution in [3.8, 4) is 0 Å². The van der Waals surface area contributed by atoms with E-state index in [1.54, 1.807) is 0 Å². The fourth-order valence-corrected chi connectivity index (χ4v) is 9.38. The summed E-state index contributed by atoms with van der Waals surface area (Å²) in [5.74, 6) is 3.51. The Hall–Kier alpha value is -0.380. The first kappa shape index (κ1) is 24.7. The molecule has 0 bridgehead atoms. The molecule has 3 heteroatoms. The van der Waals surface area contributed by atoms with Crippen LogP contribution in [0, 0.1) is 52.3 Å². The van der Waals surface area contributed by atoms with Gasteiger partial charge in [-0.05, 0) is 97.2 Å². The van der Waals surface area contributed by atoms with Crippen molar-refractivity contribution in [2.45, 2.75) is 118 Å². The second kappa shape index (κ2) is 9.00. The minimum Gasteiger partial charge on any atom is -0.393 e. The van der Waals surface area contributed by atoms with Crippen molar-refractivity contribution >= 4 is 0 Å². The summed E-state index contributed by atoms with van der Waals surface area (Å²) in [4.78, 5) is 0. The van der Waals surface area contributed by atoms with Crippen LogP contribution in [-0.4, -0.2) is 33.6 Å². The summed E-state index contributed by atoms with van der Waals surface area (Å²) in [7, 11) is 0. The highest BCUT2D eigenvalue weighted by Crippen LogP contribution is 2.67. The molecule has 0 saturated heterocycles. The van der Waals surface area contributed by atoms with Crippen molar-refractivity contribution in [2.24, 2.45) is 52.3 Å². The number of fused-ring (bicyclic) bond motifs is 5. The van der Waals surface area contributed by atoms with E-state index in [0.29, 0.717) is 23.7 Å². The van der Waals surface area contributed by atoms with E-state index in [1.807, 2.05) is 0 Å². The van der Waals surface area contributed by atoms with Gasteiger partial charge in [0.15, 0.2) is 0 Å². The standard InChI is InChI=1S/C29H50O3/c1-7-19(17(2)3)9-8-18(4)27-25(32)16-23-26-22(11-13-29(23,27)6)28(5)12-10-21(30)14-20(28)15-24(26)31/h15,17-19,21-27,30-32H,7-14,16H2,1-6H3/t18-,19-,21+,22+,23+,24-,25+,26-,27+,28+,29+/m1/s1. The third-order valence-electron chi connectivity index (χ3n) is 11.3. The maximum Gasteiger partial charge on any atom is 0.0757 e. The first-order valence-corrected chi connectivity index (χ1v) is 13.8. The summed E-state index contributed by atoms with van der Waals surface area (Å²) in [5, 5.41) is 33.0. The first-order chi connectivity index (χ1) is 15.0. The Morgan fingerprint density at radius 1 is 1.00 bits per heavy atom. The normalized spacial score (nSPS) is 47.9. The van der Waals surface area contributed by atoms with Crippen LogP contribution in [0.5, 0.6) is 0 Å². The van der Waals surface area contributed by atoms with E-state index in [4.69, 9.17) is 0 Å². The number of aliphatic hydroxyl groups is 3. The molecule has 0 radical (unpaired) electrons. The summed E-state index contributed by atoms with van der Waals surface area (Å²) in [6, 6.07) is 0. The van der Waals surface area contributed by atoms with Crippen LogP contribution in [-0.2, 0) is 0 Å². The molecule has 0 aliphatic heterocycles. The monoisotopic (exact) mass is 446 g/mol. The molecule has 0 aromatic carbocycles. The molecule has 4 aliphatic rings. The van der Waals surface area contributed by atoms with Crippen LogP contribution < -0.4 is 0 Å². The quantitative estimate of drug-likeness (QED) is 0.441. The predicted octanol–water partition coefficient (Wildman–Crippen LogP) is 5.97. The lowest BCUT2D eigenvalue weighted by Crippen LogP contribution is -2.55. The highest BCUT2D eigenvalue weighted by Gasteiger charge is 2.63. The highest BCUT2D eigenvalue weighted by atomic mass is 16.3. The topological polar surface area (TPSA) is 60.7 Å². The molecule has 3 N–H and O–H groups in total. The summed E-state index contributed by atoms with van der Waals surface area (Å²) in [6.07, 6.45) is 10.7. The Kier molecular flexibility index (Phi) is 6.96. The average molecular weight is 447 g/mol. The van der Waals surface area contributed by atoms with Crippen molar-refractivity contribution < 1.29 is 15.3 Å². The van der Waals surface area contributed by atoms with Crippen molar-refractivity contribution in [1.29, 1.82) is 0 Å². The fourth-order valence-electron chi connectivity index (χ4n) is 9.38. The van der Waals surface area contributed by atoms with E-state index in [-0.39, 0.29) is 29.0 Å². The van der Waals surface area contributed by atoms with E-state index in [2.05, 4.69) is 47.6 Å². The number of aliphatic hydroxyl groups excluding tert-OH is 3. The van der Waals surface area contributed by atoms with Gasteiger partial charge in [-0.3, -0.25) is 0 Å². The summed E-state index contributed by atoms with van der Waals surface area (Å²) in [6.45, 7) is 14.2. The molecule has 0 unspecified atom stereocenters. The summed E-state index contributed by atoms with van der Waals surface area (Å²) < 4.78 is 0. The fraction of sp³-hybridized carbons (Fsp3) is 0.931. The van der Waals surface area contributed by atoms with Gasteiger partial charge in [0.2, 0.25) is 0 Å². The second-order valence-electron chi connectivity index (χ2n) is 13.1. The number of rotatable bonds is 6. The SMILES string of the molecule is CC[C@H](CC[C@@H](C)[C@H]1[C@@H](O)C[C@H]2[C@@H]3[C@H](O)C=C4C[C@@H](O)CC[C@]4(C)[C@H]3CC[C@]12C)C(C)C. The van der Waals surface area contributed by atoms with Gasteiger partial charge in [-0.1, -0.05) is 66.0 Å². The largest absolute Gasteiger partial charge is 0.393 e. The molecule has 32 heavy (non-hydrogen) atoms. The summed E-state index contributed by atoms with van der Waals surface area (Å²) in [5.41, 5.74) is 1.54. The predicted molar refractivity (Wildman–Crippen MR) is 131 cm³/mol. The summed E-state index contributed by atoms with van der Waals surface area (Å²) >= 11 is 0. The molecule has 3 fully saturated rings. The maximum absolute atomic E-state index is 11.4. The molecule has 0 aromatic rings. The first-order valence-electron chi connectivity index (χ1n) is 13.8. The van der Waals surface area contributed by atoms with Crippen LogP contribution in [0.4, 0.5) is 0 Å². The van der Waals surface area contributed by atoms with Gasteiger partial charge in [-0.25, -0.2) is 0 Å². The molecule has 4 rings (SSSR count). The van der Waals surface area contributed by atoms with E-state index in [1.165, 1.54) is 31.3 Å². The molecule has 3 saturated carbocycles. The van der Waals surface area contributed by atoms with Crippen LogP contribution in [0.15, 0.2) is 11.6 Å². The van der Waals surface area contributed by atoms with Gasteiger partial charge >= 0.3 is 0 Å². The third kappa shape index (κ3) is 3.93. The van der Waals surface area contributed by atoms with Gasteiger partial charge in [0.1, 0.15) is 0 Å². The zero-order valence-corrected chi connectivity index (χ0v) is 21.6. The van der Waals surface area contributed by atoms with E-state index >= 15 is 0 Å². The minimum absolute atomic E-state index is 0.116. The van der Waals surface area contributed by atoms with Crippen molar-refractivity contribution in [3.05, 3.63) is 11.6 Å². The number of hydrogen-bond acceptors (Lipinski definition) is 3.